The molecule has 13 rings (SSSR count). The van der Waals surface area contributed by atoms with E-state index in [-0.39, 0.29) is 0 Å². The standard InChI is InChI=1S/C59H38N2/c1-2-13-38(14-3-1)39-25-29-43(30-26-39)60-55-23-10-9-20-51(55)54-35-40(28-33-58(54)60)41-27-31-52-50-19-8-11-24-56(50)61(59(52)37-41)57-34-32-48(46-17-6-7-18-49(46)57)47-22-12-21-45-44-16-5-4-15-42(44)36-53(45)47/h1-35,37H,36H2. The van der Waals surface area contributed by atoms with Gasteiger partial charge in [-0.25, -0.2) is 0 Å². The minimum atomic E-state index is 0.960. The summed E-state index contributed by atoms with van der Waals surface area (Å²) in [4.78, 5) is 0. The first-order chi connectivity index (χ1) is 30.3. The summed E-state index contributed by atoms with van der Waals surface area (Å²) in [6, 6.07) is 80.6. The molecule has 2 aromatic heterocycles. The number of rotatable bonds is 5. The minimum absolute atomic E-state index is 0.960. The Morgan fingerprint density at radius 1 is 0.279 bits per heavy atom. The molecule has 0 saturated heterocycles. The van der Waals surface area contributed by atoms with E-state index in [2.05, 4.69) is 228 Å². The van der Waals surface area contributed by atoms with Gasteiger partial charge in [0.1, 0.15) is 0 Å². The third kappa shape index (κ3) is 5.16. The van der Waals surface area contributed by atoms with Crippen molar-refractivity contribution in [3.63, 3.8) is 0 Å². The van der Waals surface area contributed by atoms with Crippen LogP contribution in [-0.2, 0) is 6.42 Å². The topological polar surface area (TPSA) is 9.86 Å². The minimum Gasteiger partial charge on any atom is -0.309 e. The Labute approximate surface area is 353 Å². The van der Waals surface area contributed by atoms with Crippen LogP contribution in [0.5, 0.6) is 0 Å². The predicted molar refractivity (Wildman–Crippen MR) is 257 cm³/mol. The van der Waals surface area contributed by atoms with Crippen LogP contribution in [0.4, 0.5) is 0 Å². The molecule has 2 heteroatoms. The first-order valence-electron chi connectivity index (χ1n) is 21.2. The molecule has 1 aliphatic rings. The summed E-state index contributed by atoms with van der Waals surface area (Å²) >= 11 is 0. The second-order valence-corrected chi connectivity index (χ2v) is 16.4. The quantitative estimate of drug-likeness (QED) is 0.165. The summed E-state index contributed by atoms with van der Waals surface area (Å²) in [5.41, 5.74) is 20.2. The third-order valence-corrected chi connectivity index (χ3v) is 13.2. The van der Waals surface area contributed by atoms with E-state index >= 15 is 0 Å². The summed E-state index contributed by atoms with van der Waals surface area (Å²) in [6.07, 6.45) is 0.960. The van der Waals surface area contributed by atoms with E-state index in [0.717, 1.165) is 12.1 Å². The van der Waals surface area contributed by atoms with Gasteiger partial charge in [-0.3, -0.25) is 0 Å². The average Bonchev–Trinajstić information content (AvgIpc) is 3.99. The molecule has 0 spiro atoms. The fourth-order valence-electron chi connectivity index (χ4n) is 10.4. The third-order valence-electron chi connectivity index (χ3n) is 13.2. The van der Waals surface area contributed by atoms with E-state index in [0.29, 0.717) is 0 Å². The van der Waals surface area contributed by atoms with Gasteiger partial charge >= 0.3 is 0 Å². The molecule has 0 saturated carbocycles. The Morgan fingerprint density at radius 2 is 0.836 bits per heavy atom. The number of fused-ring (bicyclic) bond motifs is 10. The Kier molecular flexibility index (Phi) is 7.40. The number of aromatic nitrogens is 2. The first-order valence-corrected chi connectivity index (χ1v) is 21.2. The van der Waals surface area contributed by atoms with Gasteiger partial charge in [-0.15, -0.1) is 0 Å². The molecule has 12 aromatic rings. The van der Waals surface area contributed by atoms with E-state index in [1.807, 2.05) is 0 Å². The molecule has 10 aromatic carbocycles. The largest absolute Gasteiger partial charge is 0.309 e. The highest BCUT2D eigenvalue weighted by atomic mass is 15.0. The molecule has 0 N–H and O–H groups in total. The lowest BCUT2D eigenvalue weighted by Gasteiger charge is -2.17. The summed E-state index contributed by atoms with van der Waals surface area (Å²) in [7, 11) is 0. The summed E-state index contributed by atoms with van der Waals surface area (Å²) in [5.74, 6) is 0. The van der Waals surface area contributed by atoms with Gasteiger partial charge in [0.15, 0.2) is 0 Å². The van der Waals surface area contributed by atoms with Crippen LogP contribution in [0.15, 0.2) is 218 Å². The SMILES string of the molecule is c1ccc(-c2ccc(-n3c4ccccc4c4cc(-c5ccc6c7ccccc7n(-c7ccc(-c8cccc9c8Cc8ccccc8-9)c8ccccc78)c6c5)ccc43)cc2)cc1. The molecule has 0 amide bonds. The highest BCUT2D eigenvalue weighted by Crippen LogP contribution is 2.45. The van der Waals surface area contributed by atoms with E-state index in [1.165, 1.54) is 116 Å². The van der Waals surface area contributed by atoms with Gasteiger partial charge in [-0.05, 0) is 116 Å². The zero-order valence-corrected chi connectivity index (χ0v) is 33.4. The first kappa shape index (κ1) is 34.0. The molecule has 61 heavy (non-hydrogen) atoms. The monoisotopic (exact) mass is 774 g/mol. The number of benzene rings is 10. The van der Waals surface area contributed by atoms with Crippen LogP contribution in [-0.4, -0.2) is 9.13 Å². The van der Waals surface area contributed by atoms with Gasteiger partial charge in [-0.1, -0.05) is 170 Å². The van der Waals surface area contributed by atoms with Crippen molar-refractivity contribution in [2.75, 3.05) is 0 Å². The zero-order chi connectivity index (χ0) is 40.0. The maximum Gasteiger partial charge on any atom is 0.0547 e. The second-order valence-electron chi connectivity index (χ2n) is 16.4. The lowest BCUT2D eigenvalue weighted by Crippen LogP contribution is -1.97. The van der Waals surface area contributed by atoms with Gasteiger partial charge in [0.05, 0.1) is 27.8 Å². The van der Waals surface area contributed by atoms with Crippen LogP contribution < -0.4 is 0 Å². The maximum atomic E-state index is 2.50. The molecule has 0 radical (unpaired) electrons. The lowest BCUT2D eigenvalue weighted by molar-refractivity contribution is 1.18. The van der Waals surface area contributed by atoms with Crippen molar-refractivity contribution in [2.45, 2.75) is 6.42 Å². The van der Waals surface area contributed by atoms with Crippen molar-refractivity contribution in [1.29, 1.82) is 0 Å². The Hall–Kier alpha value is -7.94. The van der Waals surface area contributed by atoms with Crippen LogP contribution in [0.25, 0.3) is 110 Å². The average molecular weight is 775 g/mol. The molecular weight excluding hydrogens is 737 g/mol. The van der Waals surface area contributed by atoms with Gasteiger partial charge in [0.25, 0.3) is 0 Å². The van der Waals surface area contributed by atoms with Crippen LogP contribution in [0.2, 0.25) is 0 Å². The molecule has 2 nitrogen and oxygen atoms in total. The number of nitrogens with zero attached hydrogens (tertiary/aromatic N) is 2. The highest BCUT2D eigenvalue weighted by Gasteiger charge is 2.23. The fourth-order valence-corrected chi connectivity index (χ4v) is 10.4. The van der Waals surface area contributed by atoms with Crippen LogP contribution in [0.3, 0.4) is 0 Å². The molecule has 0 atom stereocenters. The maximum absolute atomic E-state index is 2.50. The zero-order valence-electron chi connectivity index (χ0n) is 33.4. The Bertz CT molecular complexity index is 3710. The summed E-state index contributed by atoms with van der Waals surface area (Å²) in [6.45, 7) is 0. The van der Waals surface area contributed by atoms with Crippen LogP contribution >= 0.6 is 0 Å². The molecule has 2 heterocycles. The van der Waals surface area contributed by atoms with Crippen molar-refractivity contribution in [2.24, 2.45) is 0 Å². The predicted octanol–water partition coefficient (Wildman–Crippen LogP) is 15.6. The summed E-state index contributed by atoms with van der Waals surface area (Å²) < 4.78 is 4.90. The molecule has 0 aliphatic heterocycles. The van der Waals surface area contributed by atoms with Gasteiger partial charge in [0.2, 0.25) is 0 Å². The van der Waals surface area contributed by atoms with Gasteiger partial charge < -0.3 is 9.13 Å². The number of para-hydroxylation sites is 2. The molecule has 0 fully saturated rings. The fraction of sp³-hybridized carbons (Fsp3) is 0.0169. The van der Waals surface area contributed by atoms with Crippen molar-refractivity contribution < 1.29 is 0 Å². The molecular formula is C59H38N2. The van der Waals surface area contributed by atoms with Crippen LogP contribution in [0, 0.1) is 0 Å². The molecule has 1 aliphatic carbocycles. The van der Waals surface area contributed by atoms with Gasteiger partial charge in [0, 0.05) is 32.6 Å². The van der Waals surface area contributed by atoms with E-state index < -0.39 is 0 Å². The molecule has 0 bridgehead atoms. The van der Waals surface area contributed by atoms with Crippen LogP contribution in [0.1, 0.15) is 11.1 Å². The Morgan fingerprint density at radius 3 is 1.66 bits per heavy atom. The van der Waals surface area contributed by atoms with E-state index in [1.54, 1.807) is 0 Å². The van der Waals surface area contributed by atoms with Gasteiger partial charge in [-0.2, -0.15) is 0 Å². The molecule has 284 valence electrons. The summed E-state index contributed by atoms with van der Waals surface area (Å²) in [5, 5.41) is 7.52. The van der Waals surface area contributed by atoms with Crippen molar-refractivity contribution in [3.05, 3.63) is 230 Å². The van der Waals surface area contributed by atoms with E-state index in [9.17, 15) is 0 Å². The normalized spacial score (nSPS) is 12.2. The Balaban J connectivity index is 0.965. The van der Waals surface area contributed by atoms with Crippen molar-refractivity contribution in [1.82, 2.24) is 9.13 Å². The number of hydrogen-bond acceptors (Lipinski definition) is 0. The highest BCUT2D eigenvalue weighted by molar-refractivity contribution is 6.14. The lowest BCUT2D eigenvalue weighted by atomic mass is 9.91. The van der Waals surface area contributed by atoms with E-state index in [4.69, 9.17) is 0 Å². The molecule has 0 unspecified atom stereocenters. The van der Waals surface area contributed by atoms with Crippen molar-refractivity contribution in [3.8, 4) is 55.9 Å². The number of hydrogen-bond donors (Lipinski definition) is 0. The van der Waals surface area contributed by atoms with Crippen molar-refractivity contribution >= 4 is 54.4 Å². The second kappa shape index (κ2) is 13.3. The smallest absolute Gasteiger partial charge is 0.0547 e.